The maximum atomic E-state index is 12.1. The molecule has 1 aliphatic rings. The van der Waals surface area contributed by atoms with Crippen molar-refractivity contribution in [3.63, 3.8) is 0 Å². The fourth-order valence-electron chi connectivity index (χ4n) is 2.32. The number of amides is 1. The zero-order valence-corrected chi connectivity index (χ0v) is 10.6. The third kappa shape index (κ3) is 3.08. The highest BCUT2D eigenvalue weighted by atomic mass is 16.2. The lowest BCUT2D eigenvalue weighted by Gasteiger charge is -2.27. The molecule has 2 rings (SSSR count). The fourth-order valence-corrected chi connectivity index (χ4v) is 2.32. The van der Waals surface area contributed by atoms with Crippen LogP contribution in [0.5, 0.6) is 0 Å². The Labute approximate surface area is 103 Å². The number of carbonyl (C=O) groups is 1. The highest BCUT2D eigenvalue weighted by Gasteiger charge is 2.17. The number of likely N-dealkylation sites (tertiary alicyclic amines) is 1. The highest BCUT2D eigenvalue weighted by molar-refractivity contribution is 5.76. The van der Waals surface area contributed by atoms with Crippen LogP contribution in [0.1, 0.15) is 38.4 Å². The maximum absolute atomic E-state index is 12.1. The number of carbonyl (C=O) groups excluding carboxylic acids is 1. The molecule has 0 bridgehead atoms. The lowest BCUT2D eigenvalue weighted by atomic mass is 10.1. The van der Waals surface area contributed by atoms with E-state index in [0.29, 0.717) is 6.54 Å². The number of hydrogen-bond acceptors (Lipinski definition) is 2. The number of aryl methyl sites for hydroxylation is 1. The maximum Gasteiger partial charge on any atom is 0.242 e. The minimum absolute atomic E-state index is 0.236. The number of aromatic nitrogens is 2. The molecule has 1 saturated heterocycles. The lowest BCUT2D eigenvalue weighted by Crippen LogP contribution is -2.37. The molecular weight excluding hydrogens is 214 g/mol. The van der Waals surface area contributed by atoms with Crippen LogP contribution in [-0.4, -0.2) is 33.4 Å². The van der Waals surface area contributed by atoms with Gasteiger partial charge in [-0.25, -0.2) is 4.98 Å². The zero-order chi connectivity index (χ0) is 12.1. The molecule has 1 aliphatic heterocycles. The van der Waals surface area contributed by atoms with Crippen LogP contribution in [0, 0.1) is 0 Å². The van der Waals surface area contributed by atoms with Gasteiger partial charge >= 0.3 is 0 Å². The van der Waals surface area contributed by atoms with E-state index in [-0.39, 0.29) is 5.91 Å². The second-order valence-electron chi connectivity index (χ2n) is 4.66. The summed E-state index contributed by atoms with van der Waals surface area (Å²) in [6, 6.07) is 0. The van der Waals surface area contributed by atoms with Crippen molar-refractivity contribution in [3.05, 3.63) is 18.2 Å². The van der Waals surface area contributed by atoms with Gasteiger partial charge in [0.05, 0.1) is 0 Å². The van der Waals surface area contributed by atoms with Gasteiger partial charge in [-0.15, -0.1) is 0 Å². The molecule has 4 heteroatoms. The standard InChI is InChI=1S/C13H21N3O/c1-2-6-12-14-7-10-16(12)11-13(17)15-8-4-3-5-9-15/h7,10H,2-6,8-9,11H2,1H3. The van der Waals surface area contributed by atoms with E-state index in [1.165, 1.54) is 6.42 Å². The minimum atomic E-state index is 0.236. The second-order valence-corrected chi connectivity index (χ2v) is 4.66. The Hall–Kier alpha value is -1.32. The van der Waals surface area contributed by atoms with E-state index in [4.69, 9.17) is 0 Å². The van der Waals surface area contributed by atoms with Crippen molar-refractivity contribution in [2.75, 3.05) is 13.1 Å². The molecule has 1 fully saturated rings. The van der Waals surface area contributed by atoms with Crippen LogP contribution in [0.4, 0.5) is 0 Å². The minimum Gasteiger partial charge on any atom is -0.341 e. The van der Waals surface area contributed by atoms with Gasteiger partial charge in [-0.1, -0.05) is 6.92 Å². The molecule has 0 aromatic carbocycles. The summed E-state index contributed by atoms with van der Waals surface area (Å²) >= 11 is 0. The van der Waals surface area contributed by atoms with Gasteiger partial charge in [0.25, 0.3) is 0 Å². The highest BCUT2D eigenvalue weighted by Crippen LogP contribution is 2.10. The van der Waals surface area contributed by atoms with Crippen molar-refractivity contribution in [2.24, 2.45) is 0 Å². The van der Waals surface area contributed by atoms with Crippen LogP contribution in [0.3, 0.4) is 0 Å². The summed E-state index contributed by atoms with van der Waals surface area (Å²) in [6.07, 6.45) is 9.27. The Morgan fingerprint density at radius 2 is 2.12 bits per heavy atom. The summed E-state index contributed by atoms with van der Waals surface area (Å²) in [6.45, 7) is 4.44. The van der Waals surface area contributed by atoms with Crippen LogP contribution in [-0.2, 0) is 17.8 Å². The van der Waals surface area contributed by atoms with Crippen LogP contribution in [0.2, 0.25) is 0 Å². The summed E-state index contributed by atoms with van der Waals surface area (Å²) in [7, 11) is 0. The van der Waals surface area contributed by atoms with Crippen molar-refractivity contribution < 1.29 is 4.79 Å². The van der Waals surface area contributed by atoms with E-state index in [1.54, 1.807) is 6.20 Å². The van der Waals surface area contributed by atoms with E-state index in [9.17, 15) is 4.79 Å². The Morgan fingerprint density at radius 3 is 2.82 bits per heavy atom. The molecule has 94 valence electrons. The molecule has 0 atom stereocenters. The van der Waals surface area contributed by atoms with Crippen molar-refractivity contribution in [3.8, 4) is 0 Å². The molecule has 0 saturated carbocycles. The molecule has 4 nitrogen and oxygen atoms in total. The van der Waals surface area contributed by atoms with Gasteiger partial charge in [-0.05, 0) is 25.7 Å². The third-order valence-electron chi connectivity index (χ3n) is 3.29. The monoisotopic (exact) mass is 235 g/mol. The van der Waals surface area contributed by atoms with Gasteiger partial charge < -0.3 is 9.47 Å². The second kappa shape index (κ2) is 5.84. The largest absolute Gasteiger partial charge is 0.341 e. The van der Waals surface area contributed by atoms with Crippen molar-refractivity contribution in [1.82, 2.24) is 14.5 Å². The van der Waals surface area contributed by atoms with E-state index in [2.05, 4.69) is 11.9 Å². The van der Waals surface area contributed by atoms with Crippen LogP contribution in [0.25, 0.3) is 0 Å². The Balaban J connectivity index is 1.94. The van der Waals surface area contributed by atoms with Crippen molar-refractivity contribution in [1.29, 1.82) is 0 Å². The number of piperidine rings is 1. The molecular formula is C13H21N3O. The molecule has 1 aromatic rings. The summed E-state index contributed by atoms with van der Waals surface area (Å²) in [5.41, 5.74) is 0. The SMILES string of the molecule is CCCc1nccn1CC(=O)N1CCCCC1. The van der Waals surface area contributed by atoms with Gasteiger partial charge in [0.15, 0.2) is 0 Å². The Bertz CT molecular complexity index is 366. The first-order valence-corrected chi connectivity index (χ1v) is 6.59. The van der Waals surface area contributed by atoms with Gasteiger partial charge in [-0.2, -0.15) is 0 Å². The molecule has 0 N–H and O–H groups in total. The van der Waals surface area contributed by atoms with E-state index < -0.39 is 0 Å². The first kappa shape index (κ1) is 12.1. The van der Waals surface area contributed by atoms with Gasteiger partial charge in [0.2, 0.25) is 5.91 Å². The number of nitrogens with zero attached hydrogens (tertiary/aromatic N) is 3. The lowest BCUT2D eigenvalue weighted by molar-refractivity contribution is -0.132. The smallest absolute Gasteiger partial charge is 0.242 e. The number of imidazole rings is 1. The molecule has 17 heavy (non-hydrogen) atoms. The molecule has 0 radical (unpaired) electrons. The summed E-state index contributed by atoms with van der Waals surface area (Å²) in [4.78, 5) is 18.4. The average molecular weight is 235 g/mol. The van der Waals surface area contributed by atoms with Crippen LogP contribution >= 0.6 is 0 Å². The number of rotatable bonds is 4. The summed E-state index contributed by atoms with van der Waals surface area (Å²) < 4.78 is 1.99. The van der Waals surface area contributed by atoms with Crippen LogP contribution < -0.4 is 0 Å². The summed E-state index contributed by atoms with van der Waals surface area (Å²) in [5, 5.41) is 0. The first-order valence-electron chi connectivity index (χ1n) is 6.59. The van der Waals surface area contributed by atoms with E-state index in [1.807, 2.05) is 15.7 Å². The Morgan fingerprint density at radius 1 is 1.35 bits per heavy atom. The number of hydrogen-bond donors (Lipinski definition) is 0. The summed E-state index contributed by atoms with van der Waals surface area (Å²) in [5.74, 6) is 1.26. The molecule has 1 amide bonds. The quantitative estimate of drug-likeness (QED) is 0.798. The fraction of sp³-hybridized carbons (Fsp3) is 0.692. The van der Waals surface area contributed by atoms with Gasteiger partial charge in [0, 0.05) is 31.9 Å². The molecule has 0 spiro atoms. The average Bonchev–Trinajstić information content (AvgIpc) is 2.78. The van der Waals surface area contributed by atoms with Gasteiger partial charge in [0.1, 0.15) is 12.4 Å². The van der Waals surface area contributed by atoms with Crippen LogP contribution in [0.15, 0.2) is 12.4 Å². The molecule has 0 unspecified atom stereocenters. The Kier molecular flexibility index (Phi) is 4.18. The van der Waals surface area contributed by atoms with Crippen molar-refractivity contribution in [2.45, 2.75) is 45.6 Å². The predicted octanol–water partition coefficient (Wildman–Crippen LogP) is 1.85. The first-order chi connectivity index (χ1) is 8.31. The van der Waals surface area contributed by atoms with Crippen molar-refractivity contribution >= 4 is 5.91 Å². The predicted molar refractivity (Wildman–Crippen MR) is 66.7 cm³/mol. The van der Waals surface area contributed by atoms with E-state index >= 15 is 0 Å². The molecule has 2 heterocycles. The zero-order valence-electron chi connectivity index (χ0n) is 10.6. The van der Waals surface area contributed by atoms with Gasteiger partial charge in [-0.3, -0.25) is 4.79 Å². The molecule has 1 aromatic heterocycles. The third-order valence-corrected chi connectivity index (χ3v) is 3.29. The van der Waals surface area contributed by atoms with E-state index in [0.717, 1.165) is 44.6 Å². The normalized spacial score (nSPS) is 16.2. The molecule has 0 aliphatic carbocycles. The topological polar surface area (TPSA) is 38.1 Å².